The number of benzene rings is 1. The summed E-state index contributed by atoms with van der Waals surface area (Å²) in [7, 11) is 0. The number of likely N-dealkylation sites (tertiary alicyclic amines) is 1. The molecule has 0 atom stereocenters. The molecule has 0 spiro atoms. The Labute approximate surface area is 165 Å². The number of piperidine rings is 1. The minimum Gasteiger partial charge on any atom is -0.350 e. The minimum atomic E-state index is -0.644. The Morgan fingerprint density at radius 3 is 2.64 bits per heavy atom. The van der Waals surface area contributed by atoms with Gasteiger partial charge in [-0.2, -0.15) is 5.10 Å². The van der Waals surface area contributed by atoms with Crippen molar-refractivity contribution in [1.29, 1.82) is 0 Å². The van der Waals surface area contributed by atoms with Gasteiger partial charge in [0.05, 0.1) is 0 Å². The molecule has 2 fully saturated rings. The Kier molecular flexibility index (Phi) is 5.43. The second-order valence-electron chi connectivity index (χ2n) is 7.60. The highest BCUT2D eigenvalue weighted by atomic mass is 16.2. The van der Waals surface area contributed by atoms with Gasteiger partial charge in [-0.1, -0.05) is 24.3 Å². The fourth-order valence-corrected chi connectivity index (χ4v) is 4.22. The van der Waals surface area contributed by atoms with Crippen molar-refractivity contribution in [3.05, 3.63) is 53.9 Å². The molecule has 0 aliphatic carbocycles. The maximum Gasteiger partial charge on any atom is 0.248 e. The quantitative estimate of drug-likeness (QED) is 0.793. The lowest BCUT2D eigenvalue weighted by Crippen LogP contribution is -2.54. The highest BCUT2D eigenvalue weighted by Crippen LogP contribution is 2.27. The van der Waals surface area contributed by atoms with Crippen molar-refractivity contribution < 1.29 is 9.59 Å². The van der Waals surface area contributed by atoms with Crippen molar-refractivity contribution in [3.63, 3.8) is 0 Å². The Morgan fingerprint density at radius 1 is 1.18 bits per heavy atom. The molecule has 2 N–H and O–H groups in total. The van der Waals surface area contributed by atoms with Crippen LogP contribution in [0.4, 0.5) is 0 Å². The Balaban J connectivity index is 1.48. The second kappa shape index (κ2) is 8.14. The summed E-state index contributed by atoms with van der Waals surface area (Å²) in [6, 6.07) is 9.89. The number of nitrogens with zero attached hydrogens (tertiary/aromatic N) is 3. The van der Waals surface area contributed by atoms with Gasteiger partial charge in [0.1, 0.15) is 5.54 Å². The molecule has 2 amide bonds. The predicted octanol–water partition coefficient (Wildman–Crippen LogP) is 1.40. The third-order valence-electron chi connectivity index (χ3n) is 5.89. The minimum absolute atomic E-state index is 0.00440. The molecule has 148 valence electrons. The number of aromatic nitrogens is 2. The highest BCUT2D eigenvalue weighted by Gasteiger charge is 2.41. The average Bonchev–Trinajstić information content (AvgIpc) is 3.40. The van der Waals surface area contributed by atoms with Gasteiger partial charge in [0.25, 0.3) is 0 Å². The van der Waals surface area contributed by atoms with Crippen molar-refractivity contribution in [1.82, 2.24) is 25.3 Å². The van der Waals surface area contributed by atoms with Crippen LogP contribution in [0.2, 0.25) is 0 Å². The molecule has 28 heavy (non-hydrogen) atoms. The smallest absolute Gasteiger partial charge is 0.248 e. The maximum absolute atomic E-state index is 13.2. The molecule has 1 aromatic carbocycles. The van der Waals surface area contributed by atoms with Gasteiger partial charge in [-0.25, -0.2) is 0 Å². The van der Waals surface area contributed by atoms with Gasteiger partial charge in [0, 0.05) is 38.4 Å². The Morgan fingerprint density at radius 2 is 1.96 bits per heavy atom. The van der Waals surface area contributed by atoms with Crippen LogP contribution in [-0.4, -0.2) is 46.1 Å². The van der Waals surface area contributed by atoms with Crippen LogP contribution in [0.5, 0.6) is 0 Å². The van der Waals surface area contributed by atoms with Gasteiger partial charge in [0.2, 0.25) is 11.8 Å². The summed E-state index contributed by atoms with van der Waals surface area (Å²) in [5.74, 6) is 0.218. The molecule has 1 aromatic heterocycles. The monoisotopic (exact) mass is 381 g/mol. The number of carbonyl (C=O) groups is 2. The van der Waals surface area contributed by atoms with Crippen molar-refractivity contribution in [2.45, 2.75) is 44.3 Å². The van der Waals surface area contributed by atoms with E-state index in [0.29, 0.717) is 32.4 Å². The molecule has 4 rings (SSSR count). The first kappa shape index (κ1) is 18.7. The average molecular weight is 381 g/mol. The highest BCUT2D eigenvalue weighted by molar-refractivity contribution is 5.84. The van der Waals surface area contributed by atoms with E-state index in [2.05, 4.69) is 15.7 Å². The third kappa shape index (κ3) is 3.67. The van der Waals surface area contributed by atoms with Crippen LogP contribution in [0.1, 0.15) is 36.8 Å². The molecule has 2 saturated heterocycles. The van der Waals surface area contributed by atoms with E-state index >= 15 is 0 Å². The van der Waals surface area contributed by atoms with E-state index in [0.717, 1.165) is 37.2 Å². The lowest BCUT2D eigenvalue weighted by atomic mass is 9.87. The molecule has 7 heteroatoms. The van der Waals surface area contributed by atoms with Gasteiger partial charge in [-0.3, -0.25) is 14.3 Å². The molecule has 0 bridgehead atoms. The molecule has 0 unspecified atom stereocenters. The first-order valence-corrected chi connectivity index (χ1v) is 10.0. The molecule has 2 aliphatic rings. The largest absolute Gasteiger partial charge is 0.350 e. The molecule has 0 saturated carbocycles. The second-order valence-corrected chi connectivity index (χ2v) is 7.60. The van der Waals surface area contributed by atoms with E-state index in [4.69, 9.17) is 0 Å². The molecule has 0 radical (unpaired) electrons. The summed E-state index contributed by atoms with van der Waals surface area (Å²) < 4.78 is 1.80. The van der Waals surface area contributed by atoms with E-state index in [1.807, 2.05) is 41.4 Å². The van der Waals surface area contributed by atoms with E-state index in [1.165, 1.54) is 0 Å². The lowest BCUT2D eigenvalue weighted by molar-refractivity contribution is -0.132. The molecular formula is C21H27N5O2. The summed E-state index contributed by atoms with van der Waals surface area (Å²) >= 11 is 0. The van der Waals surface area contributed by atoms with Crippen LogP contribution < -0.4 is 10.6 Å². The molecule has 7 nitrogen and oxygen atoms in total. The van der Waals surface area contributed by atoms with E-state index in [-0.39, 0.29) is 11.8 Å². The summed E-state index contributed by atoms with van der Waals surface area (Å²) in [6.07, 6.45) is 6.59. The number of nitrogens with one attached hydrogen (secondary N) is 2. The zero-order chi connectivity index (χ0) is 19.4. The number of hydrogen-bond acceptors (Lipinski definition) is 4. The zero-order valence-corrected chi connectivity index (χ0v) is 16.1. The summed E-state index contributed by atoms with van der Waals surface area (Å²) in [5.41, 5.74) is 1.51. The summed E-state index contributed by atoms with van der Waals surface area (Å²) in [5, 5.41) is 10.8. The van der Waals surface area contributed by atoms with Crippen LogP contribution in [0.25, 0.3) is 0 Å². The van der Waals surface area contributed by atoms with Gasteiger partial charge < -0.3 is 15.5 Å². The molecule has 3 heterocycles. The topological polar surface area (TPSA) is 79.3 Å². The molecule has 2 aromatic rings. The van der Waals surface area contributed by atoms with Crippen molar-refractivity contribution in [2.24, 2.45) is 0 Å². The van der Waals surface area contributed by atoms with E-state index in [1.54, 1.807) is 10.9 Å². The van der Waals surface area contributed by atoms with Crippen LogP contribution in [0.15, 0.2) is 42.7 Å². The number of amides is 2. The van der Waals surface area contributed by atoms with Crippen LogP contribution in [0, 0.1) is 0 Å². The Bertz CT molecular complexity index is 827. The summed E-state index contributed by atoms with van der Waals surface area (Å²) in [6.45, 7) is 3.46. The first-order chi connectivity index (χ1) is 13.7. The van der Waals surface area contributed by atoms with Crippen molar-refractivity contribution in [2.75, 3.05) is 19.6 Å². The van der Waals surface area contributed by atoms with Crippen LogP contribution in [-0.2, 0) is 28.2 Å². The van der Waals surface area contributed by atoms with E-state index in [9.17, 15) is 9.59 Å². The maximum atomic E-state index is 13.2. The fraction of sp³-hybridized carbons (Fsp3) is 0.476. The predicted molar refractivity (Wildman–Crippen MR) is 105 cm³/mol. The van der Waals surface area contributed by atoms with Gasteiger partial charge >= 0.3 is 0 Å². The zero-order valence-electron chi connectivity index (χ0n) is 16.1. The number of rotatable bonds is 6. The third-order valence-corrected chi connectivity index (χ3v) is 5.89. The van der Waals surface area contributed by atoms with Gasteiger partial charge in [-0.15, -0.1) is 0 Å². The standard InChI is InChI=1S/C21H27N5O2/c27-19-7-3-13-25(19)16-18-6-2-1-5-17(18)15-23-20(28)21(8-11-22-12-9-21)26-14-4-10-24-26/h1-2,4-6,10,14,22H,3,7-9,11-13,15-16H2,(H,23,28). The normalized spacial score (nSPS) is 19.0. The Hall–Kier alpha value is -2.67. The fourth-order valence-electron chi connectivity index (χ4n) is 4.22. The lowest BCUT2D eigenvalue weighted by Gasteiger charge is -2.36. The number of carbonyl (C=O) groups excluding carboxylic acids is 2. The molecule has 2 aliphatic heterocycles. The molecular weight excluding hydrogens is 354 g/mol. The van der Waals surface area contributed by atoms with Crippen molar-refractivity contribution >= 4 is 11.8 Å². The summed E-state index contributed by atoms with van der Waals surface area (Å²) in [4.78, 5) is 27.1. The van der Waals surface area contributed by atoms with Gasteiger partial charge in [0.15, 0.2) is 0 Å². The SMILES string of the molecule is O=C1CCCN1Cc1ccccc1CNC(=O)C1(n2cccn2)CCNCC1. The first-order valence-electron chi connectivity index (χ1n) is 10.0. The van der Waals surface area contributed by atoms with Crippen LogP contribution >= 0.6 is 0 Å². The number of hydrogen-bond donors (Lipinski definition) is 2. The van der Waals surface area contributed by atoms with E-state index < -0.39 is 5.54 Å². The van der Waals surface area contributed by atoms with Crippen LogP contribution in [0.3, 0.4) is 0 Å². The van der Waals surface area contributed by atoms with Gasteiger partial charge in [-0.05, 0) is 49.5 Å². The van der Waals surface area contributed by atoms with Crippen molar-refractivity contribution in [3.8, 4) is 0 Å².